The van der Waals surface area contributed by atoms with Gasteiger partial charge in [0.15, 0.2) is 5.78 Å². The normalized spacial score (nSPS) is 11.8. The number of hydrogen-bond acceptors (Lipinski definition) is 2. The minimum atomic E-state index is -1.23. The van der Waals surface area contributed by atoms with Crippen LogP contribution in [-0.2, 0) is 0 Å². The molecule has 0 bridgehead atoms. The predicted octanol–water partition coefficient (Wildman–Crippen LogP) is 4.07. The number of nitriles is 1. The van der Waals surface area contributed by atoms with Crippen molar-refractivity contribution < 1.29 is 13.6 Å². The third-order valence-electron chi connectivity index (χ3n) is 3.12. The van der Waals surface area contributed by atoms with E-state index in [1.165, 1.54) is 0 Å². The maximum atomic E-state index is 13.3. The van der Waals surface area contributed by atoms with Crippen LogP contribution in [0.5, 0.6) is 0 Å². The molecule has 0 radical (unpaired) electrons. The van der Waals surface area contributed by atoms with Crippen molar-refractivity contribution in [2.75, 3.05) is 0 Å². The van der Waals surface area contributed by atoms with Crippen molar-refractivity contribution in [1.29, 1.82) is 5.26 Å². The fourth-order valence-electron chi connectivity index (χ4n) is 2.31. The van der Waals surface area contributed by atoms with E-state index >= 15 is 0 Å². The Balaban J connectivity index is 2.46. The second-order valence-corrected chi connectivity index (χ2v) is 5.01. The number of ketones is 1. The van der Waals surface area contributed by atoms with Crippen LogP contribution in [0.15, 0.2) is 36.4 Å². The smallest absolute Gasteiger partial charge is 0.184 e. The van der Waals surface area contributed by atoms with Crippen molar-refractivity contribution >= 4 is 5.78 Å². The molecule has 21 heavy (non-hydrogen) atoms. The highest BCUT2D eigenvalue weighted by molar-refractivity contribution is 6.03. The maximum Gasteiger partial charge on any atom is 0.184 e. The van der Waals surface area contributed by atoms with Gasteiger partial charge in [-0.2, -0.15) is 5.26 Å². The molecule has 1 unspecified atom stereocenters. The summed E-state index contributed by atoms with van der Waals surface area (Å²) < 4.78 is 26.5. The van der Waals surface area contributed by atoms with E-state index in [1.807, 2.05) is 26.0 Å². The molecule has 0 spiro atoms. The first kappa shape index (κ1) is 14.9. The number of carbonyl (C=O) groups is 1. The molecule has 1 atom stereocenters. The Kier molecular flexibility index (Phi) is 4.13. The molecular formula is C17H13F2NO. The average molecular weight is 285 g/mol. The molecule has 0 saturated heterocycles. The summed E-state index contributed by atoms with van der Waals surface area (Å²) in [5.74, 6) is -3.30. The van der Waals surface area contributed by atoms with Crippen LogP contribution in [0.4, 0.5) is 8.78 Å². The van der Waals surface area contributed by atoms with Crippen LogP contribution in [0.3, 0.4) is 0 Å². The molecule has 0 amide bonds. The fraction of sp³-hybridized carbons (Fsp3) is 0.176. The van der Waals surface area contributed by atoms with Gasteiger partial charge in [-0.15, -0.1) is 0 Å². The summed E-state index contributed by atoms with van der Waals surface area (Å²) in [7, 11) is 0. The Hall–Kier alpha value is -2.54. The van der Waals surface area contributed by atoms with Gasteiger partial charge in [0.2, 0.25) is 0 Å². The highest BCUT2D eigenvalue weighted by Crippen LogP contribution is 2.23. The lowest BCUT2D eigenvalue weighted by Gasteiger charge is -2.10. The largest absolute Gasteiger partial charge is 0.292 e. The quantitative estimate of drug-likeness (QED) is 0.797. The van der Waals surface area contributed by atoms with Crippen LogP contribution in [0, 0.1) is 36.8 Å². The summed E-state index contributed by atoms with van der Waals surface area (Å²) >= 11 is 0. The molecule has 2 rings (SSSR count). The van der Waals surface area contributed by atoms with E-state index in [2.05, 4.69) is 0 Å². The van der Waals surface area contributed by atoms with Gasteiger partial charge in [0.05, 0.1) is 6.07 Å². The molecule has 4 heteroatoms. The number of halogens is 2. The van der Waals surface area contributed by atoms with Crippen LogP contribution in [0.1, 0.15) is 33.0 Å². The minimum absolute atomic E-state index is 0.0270. The van der Waals surface area contributed by atoms with Gasteiger partial charge in [0.25, 0.3) is 0 Å². The number of carbonyl (C=O) groups excluding carboxylic acids is 1. The summed E-state index contributed by atoms with van der Waals surface area (Å²) in [5, 5.41) is 9.22. The zero-order valence-corrected chi connectivity index (χ0v) is 11.7. The molecule has 0 aliphatic carbocycles. The van der Waals surface area contributed by atoms with Crippen molar-refractivity contribution in [3.05, 3.63) is 70.3 Å². The number of Topliss-reactive ketones (excluding diaryl/α,β-unsaturated/α-hetero) is 1. The van der Waals surface area contributed by atoms with Crippen molar-refractivity contribution in [2.45, 2.75) is 19.8 Å². The second kappa shape index (κ2) is 5.84. The van der Waals surface area contributed by atoms with E-state index in [9.17, 15) is 18.8 Å². The van der Waals surface area contributed by atoms with Gasteiger partial charge in [0.1, 0.15) is 17.6 Å². The zero-order valence-electron chi connectivity index (χ0n) is 11.7. The molecule has 0 saturated carbocycles. The van der Waals surface area contributed by atoms with Crippen LogP contribution < -0.4 is 0 Å². The van der Waals surface area contributed by atoms with Gasteiger partial charge in [-0.05, 0) is 43.7 Å². The summed E-state index contributed by atoms with van der Waals surface area (Å²) in [5.41, 5.74) is 2.17. The SMILES string of the molecule is Cc1cc(C)cc(C(=O)C(C#N)c2cc(F)cc(F)c2)c1. The molecule has 106 valence electrons. The molecule has 0 aliphatic heterocycles. The number of rotatable bonds is 3. The fourth-order valence-corrected chi connectivity index (χ4v) is 2.31. The number of aryl methyl sites for hydroxylation is 2. The summed E-state index contributed by atoms with van der Waals surface area (Å²) in [6.45, 7) is 3.68. The Bertz CT molecular complexity index is 706. The van der Waals surface area contributed by atoms with Gasteiger partial charge >= 0.3 is 0 Å². The molecule has 0 aliphatic rings. The Morgan fingerprint density at radius 2 is 1.52 bits per heavy atom. The zero-order chi connectivity index (χ0) is 15.6. The van der Waals surface area contributed by atoms with Crippen molar-refractivity contribution in [3.8, 4) is 6.07 Å². The highest BCUT2D eigenvalue weighted by Gasteiger charge is 2.23. The molecule has 2 aromatic carbocycles. The van der Waals surface area contributed by atoms with Crippen LogP contribution in [0.2, 0.25) is 0 Å². The van der Waals surface area contributed by atoms with Gasteiger partial charge < -0.3 is 0 Å². The first-order chi connectivity index (χ1) is 9.90. The second-order valence-electron chi connectivity index (χ2n) is 5.01. The molecular weight excluding hydrogens is 272 g/mol. The first-order valence-electron chi connectivity index (χ1n) is 6.39. The topological polar surface area (TPSA) is 40.9 Å². The number of benzene rings is 2. The summed E-state index contributed by atoms with van der Waals surface area (Å²) in [4.78, 5) is 12.4. The molecule has 2 nitrogen and oxygen atoms in total. The Morgan fingerprint density at radius 1 is 1.00 bits per heavy atom. The van der Waals surface area contributed by atoms with Crippen LogP contribution in [-0.4, -0.2) is 5.78 Å². The number of hydrogen-bond donors (Lipinski definition) is 0. The van der Waals surface area contributed by atoms with Gasteiger partial charge in [-0.25, -0.2) is 8.78 Å². The lowest BCUT2D eigenvalue weighted by Crippen LogP contribution is -2.12. The summed E-state index contributed by atoms with van der Waals surface area (Å²) in [6.07, 6.45) is 0. The Labute approximate surface area is 121 Å². The minimum Gasteiger partial charge on any atom is -0.292 e. The summed E-state index contributed by atoms with van der Waals surface area (Å²) in [6, 6.07) is 9.78. The molecule has 0 fully saturated rings. The Morgan fingerprint density at radius 3 is 2.00 bits per heavy atom. The molecule has 0 N–H and O–H groups in total. The van der Waals surface area contributed by atoms with Crippen molar-refractivity contribution in [1.82, 2.24) is 0 Å². The number of nitrogens with zero attached hydrogens (tertiary/aromatic N) is 1. The van der Waals surface area contributed by atoms with Gasteiger partial charge in [-0.1, -0.05) is 17.2 Å². The van der Waals surface area contributed by atoms with E-state index in [-0.39, 0.29) is 5.56 Å². The lowest BCUT2D eigenvalue weighted by molar-refractivity contribution is 0.0978. The monoisotopic (exact) mass is 285 g/mol. The maximum absolute atomic E-state index is 13.3. The van der Waals surface area contributed by atoms with E-state index in [0.29, 0.717) is 11.6 Å². The lowest BCUT2D eigenvalue weighted by atomic mass is 9.90. The first-order valence-corrected chi connectivity index (χ1v) is 6.39. The van der Waals surface area contributed by atoms with Gasteiger partial charge in [-0.3, -0.25) is 4.79 Å². The van der Waals surface area contributed by atoms with Crippen LogP contribution >= 0.6 is 0 Å². The van der Waals surface area contributed by atoms with E-state index in [1.54, 1.807) is 12.1 Å². The molecule has 0 aromatic heterocycles. The van der Waals surface area contributed by atoms with Crippen molar-refractivity contribution in [3.63, 3.8) is 0 Å². The van der Waals surface area contributed by atoms with E-state index < -0.39 is 23.3 Å². The third kappa shape index (κ3) is 3.32. The molecule has 0 heterocycles. The average Bonchev–Trinajstić information content (AvgIpc) is 2.37. The standard InChI is InChI=1S/C17H13F2NO/c1-10-3-11(2)5-13(4-10)17(21)16(9-20)12-6-14(18)8-15(19)7-12/h3-8,16H,1-2H3. The van der Waals surface area contributed by atoms with E-state index in [4.69, 9.17) is 0 Å². The van der Waals surface area contributed by atoms with Crippen molar-refractivity contribution in [2.24, 2.45) is 0 Å². The molecule has 2 aromatic rings. The van der Waals surface area contributed by atoms with Crippen LogP contribution in [0.25, 0.3) is 0 Å². The highest BCUT2D eigenvalue weighted by atomic mass is 19.1. The van der Waals surface area contributed by atoms with Gasteiger partial charge in [0, 0.05) is 11.6 Å². The predicted molar refractivity (Wildman–Crippen MR) is 75.0 cm³/mol. The third-order valence-corrected chi connectivity index (χ3v) is 3.12. The van der Waals surface area contributed by atoms with E-state index in [0.717, 1.165) is 23.3 Å².